The van der Waals surface area contributed by atoms with Gasteiger partial charge in [0.05, 0.1) is 25.1 Å². The maximum absolute atomic E-state index is 14.0. The summed E-state index contributed by atoms with van der Waals surface area (Å²) in [5.74, 6) is 9.39. The average Bonchev–Trinajstić information content (AvgIpc) is 3.14. The largest absolute Gasteiger partial charge is 0.504 e. The second kappa shape index (κ2) is 15.7. The number of benzene rings is 1. The molecular formula is C40H55N3O6. The average molecular weight is 674 g/mol. The van der Waals surface area contributed by atoms with E-state index in [2.05, 4.69) is 28.6 Å². The van der Waals surface area contributed by atoms with E-state index in [1.165, 1.54) is 13.5 Å². The van der Waals surface area contributed by atoms with Gasteiger partial charge in [0.1, 0.15) is 11.2 Å². The lowest BCUT2D eigenvalue weighted by Gasteiger charge is -2.42. The molecule has 2 aliphatic heterocycles. The van der Waals surface area contributed by atoms with Crippen LogP contribution in [0.5, 0.6) is 11.5 Å². The fraction of sp³-hybridized carbons (Fsp3) is 0.650. The van der Waals surface area contributed by atoms with Crippen LogP contribution in [-0.4, -0.2) is 65.3 Å². The van der Waals surface area contributed by atoms with E-state index in [-0.39, 0.29) is 23.9 Å². The molecule has 6 rings (SSSR count). The Labute approximate surface area is 291 Å². The molecule has 9 heteroatoms. The zero-order chi connectivity index (χ0) is 34.5. The molecule has 8 unspecified atom stereocenters. The number of fused-ring (bicyclic) bond motifs is 2. The molecule has 2 saturated carbocycles. The summed E-state index contributed by atoms with van der Waals surface area (Å²) in [5.41, 5.74) is 7.67. The Morgan fingerprint density at radius 2 is 1.92 bits per heavy atom. The maximum atomic E-state index is 14.0. The van der Waals surface area contributed by atoms with Crippen LogP contribution in [0.3, 0.4) is 0 Å². The number of hydrogen-bond donors (Lipinski definition) is 6. The summed E-state index contributed by atoms with van der Waals surface area (Å²) in [6.45, 7) is 1.64. The molecule has 0 bridgehead atoms. The lowest BCUT2D eigenvalue weighted by molar-refractivity contribution is -0.134. The maximum Gasteiger partial charge on any atom is 0.160 e. The van der Waals surface area contributed by atoms with Gasteiger partial charge in [-0.2, -0.15) is 0 Å². The molecule has 3 aliphatic carbocycles. The standard InChI is InChI=1S/C40H55N3O6/c1-49-36-21-29-7-11-37(47)40(15-12-25(19-38(40)48)2-3-27-18-30-6-10-32(45)22-34(30)43-24-27)16-13-28(33(29)23-35(36)46)5-9-31(44)8-4-26-14-17-42-39(41)20-26/h14,20-21,23,25,27-28,30-31,34,38,42-44,46,48H,2-12,15,17-19,22,24,41H2,1H3. The van der Waals surface area contributed by atoms with Crippen molar-refractivity contribution in [2.24, 2.45) is 28.9 Å². The lowest BCUT2D eigenvalue weighted by atomic mass is 9.64. The number of ether oxygens (including phenoxy) is 1. The van der Waals surface area contributed by atoms with E-state index >= 15 is 0 Å². The first kappa shape index (κ1) is 35.5. The summed E-state index contributed by atoms with van der Waals surface area (Å²) >= 11 is 0. The number of methoxy groups -OCH3 is 1. The number of rotatable bonds is 10. The van der Waals surface area contributed by atoms with Gasteiger partial charge in [0, 0.05) is 37.8 Å². The minimum atomic E-state index is -1.11. The van der Waals surface area contributed by atoms with Crippen LogP contribution >= 0.6 is 0 Å². The van der Waals surface area contributed by atoms with E-state index in [9.17, 15) is 24.9 Å². The minimum Gasteiger partial charge on any atom is -0.504 e. The van der Waals surface area contributed by atoms with E-state index in [0.717, 1.165) is 55.3 Å². The van der Waals surface area contributed by atoms with Gasteiger partial charge >= 0.3 is 0 Å². The Bertz CT molecular complexity index is 1510. The van der Waals surface area contributed by atoms with E-state index in [0.29, 0.717) is 99.1 Å². The number of Topliss-reactive ketones (excluding diaryl/α,β-unsaturated/α-hetero) is 2. The number of allylic oxidation sites excluding steroid dienone is 2. The second-order valence-corrected chi connectivity index (χ2v) is 15.4. The third-order valence-corrected chi connectivity index (χ3v) is 12.1. The highest BCUT2D eigenvalue weighted by Crippen LogP contribution is 2.45. The minimum absolute atomic E-state index is 0.0124. The topological polar surface area (TPSA) is 154 Å². The summed E-state index contributed by atoms with van der Waals surface area (Å²) in [6, 6.07) is 3.86. The van der Waals surface area contributed by atoms with Gasteiger partial charge in [0.15, 0.2) is 17.3 Å². The predicted octanol–water partition coefficient (Wildman–Crippen LogP) is 4.53. The first-order valence-electron chi connectivity index (χ1n) is 18.6. The van der Waals surface area contributed by atoms with Gasteiger partial charge in [-0.05, 0) is 130 Å². The number of phenols is 1. The van der Waals surface area contributed by atoms with Crippen LogP contribution in [0.1, 0.15) is 107 Å². The van der Waals surface area contributed by atoms with Gasteiger partial charge in [-0.1, -0.05) is 24.3 Å². The highest BCUT2D eigenvalue weighted by molar-refractivity contribution is 5.89. The normalized spacial score (nSPS) is 32.1. The van der Waals surface area contributed by atoms with Gasteiger partial charge < -0.3 is 36.4 Å². The van der Waals surface area contributed by atoms with Crippen LogP contribution in [0.4, 0.5) is 0 Å². The van der Waals surface area contributed by atoms with Crippen LogP contribution in [0, 0.1) is 35.0 Å². The smallest absolute Gasteiger partial charge is 0.160 e. The second-order valence-electron chi connectivity index (χ2n) is 15.4. The molecule has 1 saturated heterocycles. The van der Waals surface area contributed by atoms with Crippen molar-refractivity contribution in [3.05, 3.63) is 46.8 Å². The number of nitrogens with one attached hydrogen (secondary N) is 2. The van der Waals surface area contributed by atoms with Crippen molar-refractivity contribution >= 4 is 11.6 Å². The molecule has 9 nitrogen and oxygen atoms in total. The number of carbonyl (C=O) groups is 2. The number of phenolic OH excluding ortho intramolecular Hbond substituents is 1. The zero-order valence-electron chi connectivity index (χ0n) is 29.0. The van der Waals surface area contributed by atoms with Crippen molar-refractivity contribution in [3.8, 4) is 23.3 Å². The van der Waals surface area contributed by atoms with E-state index in [1.807, 2.05) is 12.1 Å². The monoisotopic (exact) mass is 673 g/mol. The van der Waals surface area contributed by atoms with E-state index in [1.54, 1.807) is 6.07 Å². The van der Waals surface area contributed by atoms with Crippen molar-refractivity contribution in [2.75, 3.05) is 20.2 Å². The van der Waals surface area contributed by atoms with Crippen LogP contribution < -0.4 is 21.1 Å². The van der Waals surface area contributed by atoms with Crippen LogP contribution in [-0.2, 0) is 16.0 Å². The number of piperidine rings is 1. The summed E-state index contributed by atoms with van der Waals surface area (Å²) in [6.07, 6.45) is 13.4. The first-order chi connectivity index (χ1) is 23.6. The fourth-order valence-electron chi connectivity index (χ4n) is 9.08. The number of aromatic hydroxyl groups is 1. The zero-order valence-corrected chi connectivity index (χ0v) is 29.0. The molecule has 266 valence electrons. The molecule has 5 aliphatic rings. The van der Waals surface area contributed by atoms with Crippen LogP contribution in [0.25, 0.3) is 0 Å². The molecule has 0 amide bonds. The summed E-state index contributed by atoms with van der Waals surface area (Å²) in [5, 5.41) is 40.2. The van der Waals surface area contributed by atoms with Crippen molar-refractivity contribution in [3.63, 3.8) is 0 Å². The third-order valence-electron chi connectivity index (χ3n) is 12.1. The number of hydrogen-bond acceptors (Lipinski definition) is 9. The Morgan fingerprint density at radius 3 is 2.71 bits per heavy atom. The molecule has 1 spiro atoms. The fourth-order valence-corrected chi connectivity index (χ4v) is 9.08. The Hall–Kier alpha value is -3.32. The summed E-state index contributed by atoms with van der Waals surface area (Å²) in [7, 11) is 1.51. The van der Waals surface area contributed by atoms with Crippen molar-refractivity contribution in [2.45, 2.75) is 120 Å². The number of dihydropyridines is 1. The summed E-state index contributed by atoms with van der Waals surface area (Å²) in [4.78, 5) is 25.9. The van der Waals surface area contributed by atoms with E-state index < -0.39 is 17.6 Å². The molecule has 1 aromatic carbocycles. The first-order valence-corrected chi connectivity index (χ1v) is 18.6. The predicted molar refractivity (Wildman–Crippen MR) is 189 cm³/mol. The molecule has 0 radical (unpaired) electrons. The molecule has 0 aromatic heterocycles. The van der Waals surface area contributed by atoms with Crippen molar-refractivity contribution < 1.29 is 29.6 Å². The van der Waals surface area contributed by atoms with Crippen molar-refractivity contribution in [1.82, 2.24) is 10.6 Å². The SMILES string of the molecule is COc1cc2c(cc1O)C(CCC(O)CCC1=CCNC(N)=C1)C#CC1(CCC(CCC3CNC4CC(=O)CCC4C3)CC1O)C(=O)CC2. The molecule has 49 heavy (non-hydrogen) atoms. The van der Waals surface area contributed by atoms with Crippen LogP contribution in [0.2, 0.25) is 0 Å². The number of carbonyl (C=O) groups excluding carboxylic acids is 2. The van der Waals surface area contributed by atoms with E-state index in [4.69, 9.17) is 10.5 Å². The van der Waals surface area contributed by atoms with Gasteiger partial charge in [-0.25, -0.2) is 0 Å². The number of nitrogens with two attached hydrogens (primary N) is 1. The Balaban J connectivity index is 1.13. The Kier molecular flexibility index (Phi) is 11.4. The molecule has 8 atom stereocenters. The number of aliphatic hydroxyl groups excluding tert-OH is 2. The molecular weight excluding hydrogens is 618 g/mol. The Morgan fingerprint density at radius 1 is 1.08 bits per heavy atom. The number of aryl methyl sites for hydroxylation is 1. The molecule has 1 aromatic rings. The van der Waals surface area contributed by atoms with Gasteiger partial charge in [-0.15, -0.1) is 0 Å². The molecule has 2 heterocycles. The number of ketones is 2. The third kappa shape index (κ3) is 8.36. The van der Waals surface area contributed by atoms with Gasteiger partial charge in [-0.3, -0.25) is 9.59 Å². The van der Waals surface area contributed by atoms with Crippen molar-refractivity contribution in [1.29, 1.82) is 0 Å². The molecule has 3 fully saturated rings. The highest BCUT2D eigenvalue weighted by atomic mass is 16.5. The summed E-state index contributed by atoms with van der Waals surface area (Å²) < 4.78 is 5.42. The van der Waals surface area contributed by atoms with Gasteiger partial charge in [0.2, 0.25) is 0 Å². The quantitative estimate of drug-likeness (QED) is 0.197. The highest BCUT2D eigenvalue weighted by Gasteiger charge is 2.47. The van der Waals surface area contributed by atoms with Crippen LogP contribution in [0.15, 0.2) is 35.7 Å². The number of aliphatic hydroxyl groups is 2. The lowest BCUT2D eigenvalue weighted by Crippen LogP contribution is -2.49. The van der Waals surface area contributed by atoms with Gasteiger partial charge in [0.25, 0.3) is 0 Å². The molecule has 7 N–H and O–H groups in total.